The van der Waals surface area contributed by atoms with Gasteiger partial charge < -0.3 is 15.0 Å². The molecule has 1 amide bonds. The number of morpholine rings is 1. The SMILES string of the molecule is O=C([C@H]1CCc2c(sc3ncnc(Nc4cnc5c(c4)C=NC5)c23)C1)N1CCOCC1. The van der Waals surface area contributed by atoms with E-state index in [-0.39, 0.29) is 11.8 Å². The fourth-order valence-corrected chi connectivity index (χ4v) is 5.91. The van der Waals surface area contributed by atoms with Gasteiger partial charge in [-0.25, -0.2) is 9.97 Å². The quantitative estimate of drug-likeness (QED) is 0.681. The van der Waals surface area contributed by atoms with Crippen LogP contribution in [0, 0.1) is 5.92 Å². The molecule has 9 heteroatoms. The average Bonchev–Trinajstić information content (AvgIpc) is 3.43. The summed E-state index contributed by atoms with van der Waals surface area (Å²) >= 11 is 1.69. The van der Waals surface area contributed by atoms with Crippen molar-refractivity contribution in [2.24, 2.45) is 10.9 Å². The molecule has 0 unspecified atom stereocenters. The number of thiophene rings is 1. The molecule has 1 N–H and O–H groups in total. The Bertz CT molecular complexity index is 1200. The lowest BCUT2D eigenvalue weighted by molar-refractivity contribution is -0.140. The minimum Gasteiger partial charge on any atom is -0.378 e. The fourth-order valence-electron chi connectivity index (χ4n) is 4.65. The van der Waals surface area contributed by atoms with E-state index in [1.807, 2.05) is 17.3 Å². The Kier molecular flexibility index (Phi) is 4.65. The van der Waals surface area contributed by atoms with Crippen LogP contribution in [0.1, 0.15) is 28.1 Å². The number of aryl methyl sites for hydroxylation is 1. The maximum absolute atomic E-state index is 13.0. The Labute approximate surface area is 183 Å². The Morgan fingerprint density at radius 1 is 1.23 bits per heavy atom. The Morgan fingerprint density at radius 2 is 2.13 bits per heavy atom. The highest BCUT2D eigenvalue weighted by Gasteiger charge is 2.32. The minimum absolute atomic E-state index is 0.0447. The topological polar surface area (TPSA) is 92.6 Å². The molecule has 158 valence electrons. The summed E-state index contributed by atoms with van der Waals surface area (Å²) in [5, 5.41) is 4.52. The Hall–Kier alpha value is -2.91. The van der Waals surface area contributed by atoms with Gasteiger partial charge in [-0.2, -0.15) is 0 Å². The van der Waals surface area contributed by atoms with Crippen molar-refractivity contribution < 1.29 is 9.53 Å². The first-order chi connectivity index (χ1) is 15.3. The number of nitrogens with one attached hydrogen (secondary N) is 1. The summed E-state index contributed by atoms with van der Waals surface area (Å²) in [6.07, 6.45) is 7.81. The van der Waals surface area contributed by atoms with Gasteiger partial charge in [-0.1, -0.05) is 0 Å². The molecule has 8 nitrogen and oxygen atoms in total. The standard InChI is InChI=1S/C22H22N6O2S/c29-22(28-3-5-30-6-4-28)13-1-2-16-18(8-13)31-21-19(16)20(25-12-26-21)27-15-7-14-9-23-11-17(14)24-10-15/h7,9-10,12-13H,1-6,8,11H2,(H,25,26,27)/t13-/m0/s1. The van der Waals surface area contributed by atoms with E-state index in [1.165, 1.54) is 10.4 Å². The van der Waals surface area contributed by atoms with E-state index < -0.39 is 0 Å². The van der Waals surface area contributed by atoms with Crippen LogP contribution in [0.25, 0.3) is 10.2 Å². The number of aliphatic imine (C=N–C) groups is 1. The molecule has 0 aromatic carbocycles. The summed E-state index contributed by atoms with van der Waals surface area (Å²) in [5.41, 5.74) is 4.22. The van der Waals surface area contributed by atoms with Crippen molar-refractivity contribution >= 4 is 45.2 Å². The van der Waals surface area contributed by atoms with Crippen molar-refractivity contribution in [3.05, 3.63) is 40.3 Å². The van der Waals surface area contributed by atoms with Crippen LogP contribution >= 0.6 is 11.3 Å². The molecule has 1 atom stereocenters. The first kappa shape index (κ1) is 18.8. The van der Waals surface area contributed by atoms with Crippen LogP contribution in [0.15, 0.2) is 23.6 Å². The lowest BCUT2D eigenvalue weighted by atomic mass is 9.86. The average molecular weight is 435 g/mol. The molecule has 5 heterocycles. The van der Waals surface area contributed by atoms with Crippen molar-refractivity contribution in [3.63, 3.8) is 0 Å². The molecule has 6 rings (SSSR count). The molecule has 0 saturated carbocycles. The number of hydrogen-bond donors (Lipinski definition) is 1. The molecular formula is C22H22N6O2S. The third-order valence-electron chi connectivity index (χ3n) is 6.26. The van der Waals surface area contributed by atoms with Gasteiger partial charge in [0, 0.05) is 35.7 Å². The number of ether oxygens (including phenoxy) is 1. The van der Waals surface area contributed by atoms with Gasteiger partial charge >= 0.3 is 0 Å². The van der Waals surface area contributed by atoms with Crippen LogP contribution in [0.2, 0.25) is 0 Å². The van der Waals surface area contributed by atoms with E-state index in [0.29, 0.717) is 32.8 Å². The van der Waals surface area contributed by atoms with Gasteiger partial charge in [0.1, 0.15) is 17.0 Å². The van der Waals surface area contributed by atoms with Crippen LogP contribution in [0.3, 0.4) is 0 Å². The molecule has 0 bridgehead atoms. The monoisotopic (exact) mass is 434 g/mol. The van der Waals surface area contributed by atoms with Gasteiger partial charge in [-0.15, -0.1) is 11.3 Å². The summed E-state index contributed by atoms with van der Waals surface area (Å²) < 4.78 is 5.39. The molecule has 31 heavy (non-hydrogen) atoms. The molecule has 1 aliphatic carbocycles. The van der Waals surface area contributed by atoms with E-state index >= 15 is 0 Å². The third-order valence-corrected chi connectivity index (χ3v) is 7.42. The predicted molar refractivity (Wildman–Crippen MR) is 119 cm³/mol. The first-order valence-corrected chi connectivity index (χ1v) is 11.5. The van der Waals surface area contributed by atoms with E-state index in [1.54, 1.807) is 17.7 Å². The number of rotatable bonds is 3. The highest BCUT2D eigenvalue weighted by molar-refractivity contribution is 7.19. The van der Waals surface area contributed by atoms with E-state index in [0.717, 1.165) is 52.2 Å². The minimum atomic E-state index is 0.0447. The molecule has 0 spiro atoms. The van der Waals surface area contributed by atoms with Crippen LogP contribution in [-0.4, -0.2) is 58.3 Å². The smallest absolute Gasteiger partial charge is 0.226 e. The van der Waals surface area contributed by atoms with Crippen molar-refractivity contribution in [2.75, 3.05) is 31.6 Å². The predicted octanol–water partition coefficient (Wildman–Crippen LogP) is 2.73. The van der Waals surface area contributed by atoms with Crippen LogP contribution < -0.4 is 5.32 Å². The van der Waals surface area contributed by atoms with Gasteiger partial charge in [-0.3, -0.25) is 14.8 Å². The second-order valence-corrected chi connectivity index (χ2v) is 9.22. The van der Waals surface area contributed by atoms with Crippen LogP contribution in [-0.2, 0) is 28.9 Å². The molecule has 1 saturated heterocycles. The fraction of sp³-hybridized carbons (Fsp3) is 0.409. The first-order valence-electron chi connectivity index (χ1n) is 10.6. The molecule has 1 fully saturated rings. The number of carbonyl (C=O) groups excluding carboxylic acids is 1. The van der Waals surface area contributed by atoms with E-state index in [2.05, 4.69) is 31.3 Å². The Balaban J connectivity index is 1.29. The maximum atomic E-state index is 13.0. The molecule has 2 aliphatic heterocycles. The van der Waals surface area contributed by atoms with Crippen molar-refractivity contribution in [3.8, 4) is 0 Å². The van der Waals surface area contributed by atoms with Crippen LogP contribution in [0.4, 0.5) is 11.5 Å². The summed E-state index contributed by atoms with van der Waals surface area (Å²) in [6, 6.07) is 2.06. The summed E-state index contributed by atoms with van der Waals surface area (Å²) in [6.45, 7) is 3.33. The number of carbonyl (C=O) groups is 1. The van der Waals surface area contributed by atoms with E-state index in [4.69, 9.17) is 4.74 Å². The second kappa shape index (κ2) is 7.65. The zero-order chi connectivity index (χ0) is 20.8. The lowest BCUT2D eigenvalue weighted by Gasteiger charge is -2.31. The second-order valence-electron chi connectivity index (χ2n) is 8.14. The van der Waals surface area contributed by atoms with Gasteiger partial charge in [0.05, 0.1) is 42.7 Å². The van der Waals surface area contributed by atoms with Gasteiger partial charge in [-0.05, 0) is 30.9 Å². The van der Waals surface area contributed by atoms with Gasteiger partial charge in [0.25, 0.3) is 0 Å². The largest absolute Gasteiger partial charge is 0.378 e. The highest BCUT2D eigenvalue weighted by atomic mass is 32.1. The maximum Gasteiger partial charge on any atom is 0.226 e. The summed E-state index contributed by atoms with van der Waals surface area (Å²) in [7, 11) is 0. The molecule has 3 aromatic heterocycles. The highest BCUT2D eigenvalue weighted by Crippen LogP contribution is 2.40. The van der Waals surface area contributed by atoms with Crippen molar-refractivity contribution in [1.29, 1.82) is 0 Å². The number of pyridine rings is 1. The third kappa shape index (κ3) is 3.37. The van der Waals surface area contributed by atoms with Gasteiger partial charge in [0.15, 0.2) is 0 Å². The molecular weight excluding hydrogens is 412 g/mol. The van der Waals surface area contributed by atoms with Crippen molar-refractivity contribution in [1.82, 2.24) is 19.9 Å². The zero-order valence-corrected chi connectivity index (χ0v) is 17.8. The summed E-state index contributed by atoms with van der Waals surface area (Å²) in [4.78, 5) is 35.0. The number of aromatic nitrogens is 3. The molecule has 3 aromatic rings. The lowest BCUT2D eigenvalue weighted by Crippen LogP contribution is -2.44. The van der Waals surface area contributed by atoms with E-state index in [9.17, 15) is 4.79 Å². The normalized spacial score (nSPS) is 20.0. The summed E-state index contributed by atoms with van der Waals surface area (Å²) in [5.74, 6) is 1.11. The number of hydrogen-bond acceptors (Lipinski definition) is 8. The number of anilines is 2. The number of amides is 1. The number of nitrogens with zero attached hydrogens (tertiary/aromatic N) is 5. The Morgan fingerprint density at radius 3 is 3.03 bits per heavy atom. The molecule has 3 aliphatic rings. The van der Waals surface area contributed by atoms with Crippen LogP contribution in [0.5, 0.6) is 0 Å². The van der Waals surface area contributed by atoms with Gasteiger partial charge in [0.2, 0.25) is 5.91 Å². The molecule has 0 radical (unpaired) electrons. The zero-order valence-electron chi connectivity index (χ0n) is 17.0. The number of fused-ring (bicyclic) bond motifs is 4. The van der Waals surface area contributed by atoms with Crippen molar-refractivity contribution in [2.45, 2.75) is 25.8 Å².